The second-order valence-corrected chi connectivity index (χ2v) is 5.78. The summed E-state index contributed by atoms with van der Waals surface area (Å²) in [5.41, 5.74) is 0.820. The number of amides is 1. The summed E-state index contributed by atoms with van der Waals surface area (Å²) in [5.74, 6) is -0.0863. The molecule has 0 spiro atoms. The summed E-state index contributed by atoms with van der Waals surface area (Å²) in [7, 11) is 0. The van der Waals surface area contributed by atoms with Crippen molar-refractivity contribution >= 4 is 6.09 Å². The van der Waals surface area contributed by atoms with Crippen LogP contribution in [0.5, 0.6) is 0 Å². The molecular weight excluding hydrogens is 257 g/mol. The molecule has 0 aliphatic carbocycles. The van der Waals surface area contributed by atoms with Crippen LogP contribution in [0, 0.1) is 11.3 Å². The maximum atomic E-state index is 13.1. The van der Waals surface area contributed by atoms with E-state index in [2.05, 4.69) is 0 Å². The van der Waals surface area contributed by atoms with Gasteiger partial charge in [-0.1, -0.05) is 44.2 Å². The van der Waals surface area contributed by atoms with Gasteiger partial charge < -0.3 is 9.64 Å². The average molecular weight is 279 g/mol. The minimum absolute atomic E-state index is 0.0863. The number of nitrogens with zero attached hydrogens (tertiary/aromatic N) is 1. The normalized spacial score (nSPS) is 25.8. The quantitative estimate of drug-likeness (QED) is 0.842. The van der Waals surface area contributed by atoms with Gasteiger partial charge in [0, 0.05) is 19.0 Å². The summed E-state index contributed by atoms with van der Waals surface area (Å²) in [6.45, 7) is 5.00. The molecule has 1 fully saturated rings. The van der Waals surface area contributed by atoms with Gasteiger partial charge in [0.15, 0.2) is 0 Å². The molecule has 0 N–H and O–H groups in total. The molecule has 4 heteroatoms. The molecule has 1 aliphatic heterocycles. The average Bonchev–Trinajstić information content (AvgIpc) is 2.83. The first kappa shape index (κ1) is 14.8. The third-order valence-electron chi connectivity index (χ3n) is 4.44. The Morgan fingerprint density at radius 1 is 1.45 bits per heavy atom. The molecule has 1 saturated heterocycles. The van der Waals surface area contributed by atoms with Gasteiger partial charge >= 0.3 is 6.09 Å². The van der Waals surface area contributed by atoms with Crippen LogP contribution in [0.2, 0.25) is 0 Å². The SMILES string of the molecule is CC[C@]1(C)CN(C(=O)OCc2ccccc2)C[C@H]1CF. The van der Waals surface area contributed by atoms with E-state index in [9.17, 15) is 9.18 Å². The van der Waals surface area contributed by atoms with Gasteiger partial charge in [0.05, 0.1) is 6.67 Å². The minimum atomic E-state index is -0.382. The van der Waals surface area contributed by atoms with Crippen molar-refractivity contribution < 1.29 is 13.9 Å². The van der Waals surface area contributed by atoms with Gasteiger partial charge in [-0.15, -0.1) is 0 Å². The summed E-state index contributed by atoms with van der Waals surface area (Å²) in [6.07, 6.45) is 0.522. The number of hydrogen-bond acceptors (Lipinski definition) is 2. The van der Waals surface area contributed by atoms with Crippen molar-refractivity contribution in [2.75, 3.05) is 19.8 Å². The minimum Gasteiger partial charge on any atom is -0.445 e. The Hall–Kier alpha value is -1.58. The van der Waals surface area contributed by atoms with Crippen molar-refractivity contribution in [2.24, 2.45) is 11.3 Å². The zero-order chi connectivity index (χ0) is 14.6. The predicted molar refractivity (Wildman–Crippen MR) is 76.1 cm³/mol. The Morgan fingerprint density at radius 3 is 2.70 bits per heavy atom. The number of rotatable bonds is 4. The van der Waals surface area contributed by atoms with Gasteiger partial charge in [0.1, 0.15) is 6.61 Å². The van der Waals surface area contributed by atoms with Crippen LogP contribution in [-0.4, -0.2) is 30.8 Å². The molecule has 1 aromatic carbocycles. The fraction of sp³-hybridized carbons (Fsp3) is 0.562. The Morgan fingerprint density at radius 2 is 2.15 bits per heavy atom. The van der Waals surface area contributed by atoms with E-state index in [0.29, 0.717) is 13.1 Å². The number of carbonyl (C=O) groups excluding carboxylic acids is 1. The molecule has 110 valence electrons. The van der Waals surface area contributed by atoms with Crippen LogP contribution in [0.3, 0.4) is 0 Å². The lowest BCUT2D eigenvalue weighted by molar-refractivity contribution is 0.100. The van der Waals surface area contributed by atoms with E-state index in [4.69, 9.17) is 4.74 Å². The fourth-order valence-corrected chi connectivity index (χ4v) is 2.70. The van der Waals surface area contributed by atoms with Crippen molar-refractivity contribution in [3.8, 4) is 0 Å². The first-order valence-corrected chi connectivity index (χ1v) is 7.10. The highest BCUT2D eigenvalue weighted by Gasteiger charge is 2.43. The van der Waals surface area contributed by atoms with Gasteiger partial charge in [-0.25, -0.2) is 4.79 Å². The zero-order valence-electron chi connectivity index (χ0n) is 12.1. The summed E-state index contributed by atoms with van der Waals surface area (Å²) in [5, 5.41) is 0. The largest absolute Gasteiger partial charge is 0.445 e. The molecule has 0 bridgehead atoms. The number of benzene rings is 1. The highest BCUT2D eigenvalue weighted by molar-refractivity contribution is 5.68. The molecule has 1 heterocycles. The number of likely N-dealkylation sites (tertiary alicyclic amines) is 1. The van der Waals surface area contributed by atoms with E-state index >= 15 is 0 Å². The number of ether oxygens (including phenoxy) is 1. The van der Waals surface area contributed by atoms with Crippen molar-refractivity contribution in [3.05, 3.63) is 35.9 Å². The fourth-order valence-electron chi connectivity index (χ4n) is 2.70. The lowest BCUT2D eigenvalue weighted by atomic mass is 9.78. The molecule has 1 amide bonds. The summed E-state index contributed by atoms with van der Waals surface area (Å²) in [6, 6.07) is 9.57. The summed E-state index contributed by atoms with van der Waals surface area (Å²) >= 11 is 0. The summed E-state index contributed by atoms with van der Waals surface area (Å²) in [4.78, 5) is 13.7. The van der Waals surface area contributed by atoms with Crippen LogP contribution in [0.25, 0.3) is 0 Å². The molecule has 0 saturated carbocycles. The third-order valence-corrected chi connectivity index (χ3v) is 4.44. The number of alkyl halides is 1. The van der Waals surface area contributed by atoms with Crippen LogP contribution < -0.4 is 0 Å². The zero-order valence-corrected chi connectivity index (χ0v) is 12.1. The van der Waals surface area contributed by atoms with E-state index in [-0.39, 0.29) is 30.7 Å². The molecule has 20 heavy (non-hydrogen) atoms. The lowest BCUT2D eigenvalue weighted by Gasteiger charge is -2.26. The molecule has 2 rings (SSSR count). The molecule has 1 aromatic rings. The standard InChI is InChI=1S/C16H22FNO2/c1-3-16(2)12-18(10-14(16)9-17)15(19)20-11-13-7-5-4-6-8-13/h4-8,14H,3,9-12H2,1-2H3/t14-,16-/m1/s1. The van der Waals surface area contributed by atoms with Crippen molar-refractivity contribution in [3.63, 3.8) is 0 Å². The number of carbonyl (C=O) groups is 1. The van der Waals surface area contributed by atoms with E-state index in [0.717, 1.165) is 12.0 Å². The highest BCUT2D eigenvalue weighted by atomic mass is 19.1. The van der Waals surface area contributed by atoms with Crippen LogP contribution >= 0.6 is 0 Å². The third kappa shape index (κ3) is 3.11. The lowest BCUT2D eigenvalue weighted by Crippen LogP contribution is -2.31. The van der Waals surface area contributed by atoms with E-state index in [1.807, 2.05) is 44.2 Å². The Balaban J connectivity index is 1.91. The maximum Gasteiger partial charge on any atom is 0.410 e. The number of hydrogen-bond donors (Lipinski definition) is 0. The van der Waals surface area contributed by atoms with Crippen LogP contribution in [0.15, 0.2) is 30.3 Å². The van der Waals surface area contributed by atoms with Crippen molar-refractivity contribution in [1.82, 2.24) is 4.90 Å². The van der Waals surface area contributed by atoms with Crippen molar-refractivity contribution in [2.45, 2.75) is 26.9 Å². The monoisotopic (exact) mass is 279 g/mol. The Kier molecular flexibility index (Phi) is 4.63. The van der Waals surface area contributed by atoms with Crippen LogP contribution in [-0.2, 0) is 11.3 Å². The number of halogens is 1. The van der Waals surface area contributed by atoms with Crippen LogP contribution in [0.4, 0.5) is 9.18 Å². The molecule has 0 aromatic heterocycles. The molecule has 3 nitrogen and oxygen atoms in total. The molecule has 1 aliphatic rings. The second kappa shape index (κ2) is 6.25. The van der Waals surface area contributed by atoms with E-state index in [1.165, 1.54) is 0 Å². The predicted octanol–water partition coefficient (Wildman–Crippen LogP) is 3.64. The second-order valence-electron chi connectivity index (χ2n) is 5.78. The smallest absolute Gasteiger partial charge is 0.410 e. The Labute approximate surface area is 119 Å². The van der Waals surface area contributed by atoms with Gasteiger partial charge in [0.25, 0.3) is 0 Å². The highest BCUT2D eigenvalue weighted by Crippen LogP contribution is 2.39. The molecule has 2 atom stereocenters. The maximum absolute atomic E-state index is 13.1. The van der Waals surface area contributed by atoms with Gasteiger partial charge in [0.2, 0.25) is 0 Å². The van der Waals surface area contributed by atoms with E-state index in [1.54, 1.807) is 4.90 Å². The molecule has 0 radical (unpaired) electrons. The summed E-state index contributed by atoms with van der Waals surface area (Å²) < 4.78 is 18.4. The van der Waals surface area contributed by atoms with Gasteiger partial charge in [-0.05, 0) is 17.4 Å². The topological polar surface area (TPSA) is 29.5 Å². The van der Waals surface area contributed by atoms with Crippen LogP contribution in [0.1, 0.15) is 25.8 Å². The molecular formula is C16H22FNO2. The van der Waals surface area contributed by atoms with Gasteiger partial charge in [-0.2, -0.15) is 0 Å². The first-order chi connectivity index (χ1) is 9.59. The molecule has 0 unspecified atom stereocenters. The Bertz CT molecular complexity index is 451. The first-order valence-electron chi connectivity index (χ1n) is 7.10. The van der Waals surface area contributed by atoms with Crippen molar-refractivity contribution in [1.29, 1.82) is 0 Å². The van der Waals surface area contributed by atoms with E-state index < -0.39 is 0 Å². The van der Waals surface area contributed by atoms with Gasteiger partial charge in [-0.3, -0.25) is 4.39 Å².